The highest BCUT2D eigenvalue weighted by molar-refractivity contribution is 6.36. The molecule has 0 aliphatic carbocycles. The smallest absolute Gasteiger partial charge is 0.253 e. The van der Waals surface area contributed by atoms with E-state index in [1.54, 1.807) is 0 Å². The van der Waals surface area contributed by atoms with Gasteiger partial charge in [-0.05, 0) is 61.7 Å². The molecule has 0 atom stereocenters. The van der Waals surface area contributed by atoms with E-state index in [4.69, 9.17) is 23.2 Å². The molecule has 0 aromatic heterocycles. The number of carbonyl (C=O) groups is 3. The lowest BCUT2D eigenvalue weighted by Crippen LogP contribution is -2.40. The van der Waals surface area contributed by atoms with E-state index in [0.29, 0.717) is 10.7 Å². The van der Waals surface area contributed by atoms with Crippen molar-refractivity contribution >= 4 is 52.3 Å². The zero-order valence-corrected chi connectivity index (χ0v) is 18.6. The molecule has 0 unspecified atom stereocenters. The Morgan fingerprint density at radius 2 is 1.65 bits per heavy atom. The van der Waals surface area contributed by atoms with Crippen LogP contribution >= 0.6 is 23.2 Å². The van der Waals surface area contributed by atoms with Gasteiger partial charge in [0.05, 0.1) is 23.7 Å². The van der Waals surface area contributed by atoms with Crippen LogP contribution in [0.2, 0.25) is 10.0 Å². The van der Waals surface area contributed by atoms with E-state index in [0.717, 1.165) is 24.3 Å². The van der Waals surface area contributed by atoms with Crippen molar-refractivity contribution < 1.29 is 14.4 Å². The van der Waals surface area contributed by atoms with Crippen LogP contribution < -0.4 is 20.9 Å². The van der Waals surface area contributed by atoms with Crippen LogP contribution in [-0.2, 0) is 9.59 Å². The van der Waals surface area contributed by atoms with E-state index in [1.807, 2.05) is 19.1 Å². The fraction of sp³-hybridized carbons (Fsp3) is 0.318. The fourth-order valence-corrected chi connectivity index (χ4v) is 3.82. The van der Waals surface area contributed by atoms with Gasteiger partial charge in [-0.1, -0.05) is 23.2 Å². The molecular formula is C22H24Cl2N4O3. The third-order valence-electron chi connectivity index (χ3n) is 4.99. The molecule has 3 amide bonds. The molecule has 1 fully saturated rings. The van der Waals surface area contributed by atoms with Gasteiger partial charge in [0, 0.05) is 29.5 Å². The average molecular weight is 463 g/mol. The molecule has 0 saturated carbocycles. The molecule has 1 saturated heterocycles. The summed E-state index contributed by atoms with van der Waals surface area (Å²) < 4.78 is 0. The molecule has 2 aromatic rings. The second kappa shape index (κ2) is 10.5. The maximum Gasteiger partial charge on any atom is 0.253 e. The van der Waals surface area contributed by atoms with Crippen LogP contribution in [0.25, 0.3) is 0 Å². The Balaban J connectivity index is 1.44. The predicted molar refractivity (Wildman–Crippen MR) is 123 cm³/mol. The highest BCUT2D eigenvalue weighted by Crippen LogP contribution is 2.25. The lowest BCUT2D eigenvalue weighted by Gasteiger charge is -2.19. The first-order valence-electron chi connectivity index (χ1n) is 9.99. The Hall–Kier alpha value is -2.77. The number of halogens is 2. The first-order chi connectivity index (χ1) is 14.8. The molecule has 31 heavy (non-hydrogen) atoms. The average Bonchev–Trinajstić information content (AvgIpc) is 3.27. The molecule has 0 bridgehead atoms. The van der Waals surface area contributed by atoms with Crippen molar-refractivity contribution in [2.45, 2.75) is 19.8 Å². The maximum atomic E-state index is 12.2. The Morgan fingerprint density at radius 3 is 2.32 bits per heavy atom. The van der Waals surface area contributed by atoms with Crippen molar-refractivity contribution in [3.05, 3.63) is 57.6 Å². The zero-order chi connectivity index (χ0) is 22.4. The minimum atomic E-state index is -0.505. The molecule has 3 N–H and O–H groups in total. The number of nitrogens with zero attached hydrogens (tertiary/aromatic N) is 1. The lowest BCUT2D eigenvalue weighted by molar-refractivity contribution is -0.123. The van der Waals surface area contributed by atoms with Gasteiger partial charge in [0.2, 0.25) is 11.8 Å². The van der Waals surface area contributed by atoms with Crippen LogP contribution in [0.5, 0.6) is 0 Å². The molecule has 9 heteroatoms. The van der Waals surface area contributed by atoms with Gasteiger partial charge < -0.3 is 20.9 Å². The van der Waals surface area contributed by atoms with Gasteiger partial charge in [-0.25, -0.2) is 0 Å². The topological polar surface area (TPSA) is 90.5 Å². The Labute approximate surface area is 191 Å². The number of nitrogens with one attached hydrogen (secondary N) is 3. The Morgan fingerprint density at radius 1 is 0.935 bits per heavy atom. The van der Waals surface area contributed by atoms with Gasteiger partial charge in [-0.3, -0.25) is 14.4 Å². The summed E-state index contributed by atoms with van der Waals surface area (Å²) in [6, 6.07) is 10.4. The summed E-state index contributed by atoms with van der Waals surface area (Å²) >= 11 is 11.8. The van der Waals surface area contributed by atoms with Crippen molar-refractivity contribution in [3.63, 3.8) is 0 Å². The highest BCUT2D eigenvalue weighted by Gasteiger charge is 2.15. The molecule has 3 rings (SSSR count). The van der Waals surface area contributed by atoms with Crippen LogP contribution in [0.15, 0.2) is 36.4 Å². The van der Waals surface area contributed by atoms with Crippen LogP contribution in [0.3, 0.4) is 0 Å². The fourth-order valence-electron chi connectivity index (χ4n) is 3.33. The molecule has 2 aromatic carbocycles. The molecular weight excluding hydrogens is 439 g/mol. The minimum absolute atomic E-state index is 0.191. The largest absolute Gasteiger partial charge is 0.372 e. The number of rotatable bonds is 7. The molecule has 7 nitrogen and oxygen atoms in total. The summed E-state index contributed by atoms with van der Waals surface area (Å²) in [4.78, 5) is 38.6. The highest BCUT2D eigenvalue weighted by atomic mass is 35.5. The van der Waals surface area contributed by atoms with E-state index in [2.05, 4.69) is 26.9 Å². The van der Waals surface area contributed by atoms with Crippen molar-refractivity contribution in [1.29, 1.82) is 0 Å². The third kappa shape index (κ3) is 6.35. The quantitative estimate of drug-likeness (QED) is 0.587. The number of hydrogen-bond acceptors (Lipinski definition) is 4. The van der Waals surface area contributed by atoms with Crippen LogP contribution in [0.4, 0.5) is 11.4 Å². The van der Waals surface area contributed by atoms with Crippen LogP contribution in [-0.4, -0.2) is 43.9 Å². The van der Waals surface area contributed by atoms with Gasteiger partial charge in [0.25, 0.3) is 5.91 Å². The lowest BCUT2D eigenvalue weighted by atomic mass is 10.1. The number of aryl methyl sites for hydroxylation is 1. The van der Waals surface area contributed by atoms with E-state index in [-0.39, 0.29) is 29.6 Å². The van der Waals surface area contributed by atoms with E-state index < -0.39 is 11.8 Å². The summed E-state index contributed by atoms with van der Waals surface area (Å²) in [5.74, 6) is -1.35. The maximum absolute atomic E-state index is 12.2. The van der Waals surface area contributed by atoms with Crippen molar-refractivity contribution in [2.75, 3.05) is 36.4 Å². The SMILES string of the molecule is Cc1cc(N2CCCC2)ccc1NC(=O)CNC(=O)CNC(=O)c1ccc(Cl)cc1Cl. The molecule has 1 heterocycles. The van der Waals surface area contributed by atoms with Gasteiger partial charge in [0.15, 0.2) is 0 Å². The molecule has 164 valence electrons. The number of amides is 3. The standard InChI is InChI=1S/C22H24Cl2N4O3/c1-14-10-16(28-8-2-3-9-28)5-7-19(14)27-21(30)13-25-20(29)12-26-22(31)17-6-4-15(23)11-18(17)24/h4-7,10-11H,2-3,8-9,12-13H2,1H3,(H,25,29)(H,26,31)(H,27,30). The predicted octanol–water partition coefficient (Wildman–Crippen LogP) is 3.39. The molecule has 0 spiro atoms. The molecule has 1 aliphatic heterocycles. The van der Waals surface area contributed by atoms with E-state index in [1.165, 1.54) is 31.0 Å². The third-order valence-corrected chi connectivity index (χ3v) is 5.53. The number of anilines is 2. The summed E-state index contributed by atoms with van der Waals surface area (Å²) in [6.07, 6.45) is 2.40. The Kier molecular flexibility index (Phi) is 7.76. The van der Waals surface area contributed by atoms with Gasteiger partial charge in [-0.2, -0.15) is 0 Å². The number of hydrogen-bond donors (Lipinski definition) is 3. The van der Waals surface area contributed by atoms with E-state index in [9.17, 15) is 14.4 Å². The summed E-state index contributed by atoms with van der Waals surface area (Å²) in [5, 5.41) is 8.34. The van der Waals surface area contributed by atoms with Gasteiger partial charge in [0.1, 0.15) is 0 Å². The second-order valence-electron chi connectivity index (χ2n) is 7.33. The number of carbonyl (C=O) groups excluding carboxylic acids is 3. The second-order valence-corrected chi connectivity index (χ2v) is 8.17. The van der Waals surface area contributed by atoms with Gasteiger partial charge in [-0.15, -0.1) is 0 Å². The zero-order valence-electron chi connectivity index (χ0n) is 17.1. The monoisotopic (exact) mass is 462 g/mol. The van der Waals surface area contributed by atoms with Crippen LogP contribution in [0.1, 0.15) is 28.8 Å². The summed E-state index contributed by atoms with van der Waals surface area (Å²) in [7, 11) is 0. The van der Waals surface area contributed by atoms with Crippen molar-refractivity contribution in [3.8, 4) is 0 Å². The first kappa shape index (κ1) is 22.9. The molecule has 0 radical (unpaired) electrons. The normalized spacial score (nSPS) is 13.1. The van der Waals surface area contributed by atoms with Crippen LogP contribution in [0, 0.1) is 6.92 Å². The van der Waals surface area contributed by atoms with Gasteiger partial charge >= 0.3 is 0 Å². The molecule has 1 aliphatic rings. The minimum Gasteiger partial charge on any atom is -0.372 e. The summed E-state index contributed by atoms with van der Waals surface area (Å²) in [5.41, 5.74) is 3.02. The Bertz CT molecular complexity index is 991. The summed E-state index contributed by atoms with van der Waals surface area (Å²) in [6.45, 7) is 3.55. The number of benzene rings is 2. The van der Waals surface area contributed by atoms with E-state index >= 15 is 0 Å². The van der Waals surface area contributed by atoms with Crippen molar-refractivity contribution in [2.24, 2.45) is 0 Å². The first-order valence-corrected chi connectivity index (χ1v) is 10.7. The van der Waals surface area contributed by atoms with Crippen molar-refractivity contribution in [1.82, 2.24) is 10.6 Å².